The Bertz CT molecular complexity index is 138. The van der Waals surface area contributed by atoms with Gasteiger partial charge in [-0.2, -0.15) is 0 Å². The summed E-state index contributed by atoms with van der Waals surface area (Å²) in [6.45, 7) is 0.0690. The van der Waals surface area contributed by atoms with Crippen LogP contribution in [-0.4, -0.2) is 55.6 Å². The van der Waals surface area contributed by atoms with Gasteiger partial charge in [0.25, 0.3) is 0 Å². The van der Waals surface area contributed by atoms with Crippen LogP contribution in [0, 0.1) is 0 Å². The number of methoxy groups -OCH3 is 2. The molecule has 1 heterocycles. The van der Waals surface area contributed by atoms with Crippen LogP contribution in [0.25, 0.3) is 0 Å². The molecule has 72 valence electrons. The first kappa shape index (κ1) is 9.88. The largest absolute Gasteiger partial charge is 0.388 e. The fraction of sp³-hybridized carbons (Fsp3) is 1.00. The van der Waals surface area contributed by atoms with Gasteiger partial charge in [0.1, 0.15) is 18.3 Å². The van der Waals surface area contributed by atoms with Crippen LogP contribution in [0.2, 0.25) is 0 Å². The highest BCUT2D eigenvalue weighted by Gasteiger charge is 2.38. The van der Waals surface area contributed by atoms with E-state index >= 15 is 0 Å². The molecule has 0 radical (unpaired) electrons. The number of rotatable bonds is 2. The molecular formula is C7H14O5. The lowest BCUT2D eigenvalue weighted by atomic mass is 10.1. The molecule has 0 saturated carbocycles. The van der Waals surface area contributed by atoms with E-state index in [9.17, 15) is 10.2 Å². The van der Waals surface area contributed by atoms with Crippen LogP contribution in [-0.2, 0) is 14.2 Å². The molecule has 0 aromatic rings. The van der Waals surface area contributed by atoms with Crippen molar-refractivity contribution < 1.29 is 24.4 Å². The number of hydrogen-bond donors (Lipinski definition) is 2. The minimum Gasteiger partial charge on any atom is -0.388 e. The molecule has 1 rings (SSSR count). The molecule has 4 atom stereocenters. The van der Waals surface area contributed by atoms with Crippen molar-refractivity contribution in [2.75, 3.05) is 20.8 Å². The van der Waals surface area contributed by atoms with E-state index in [1.165, 1.54) is 14.2 Å². The van der Waals surface area contributed by atoms with Gasteiger partial charge in [0.05, 0.1) is 6.61 Å². The van der Waals surface area contributed by atoms with Crippen LogP contribution >= 0.6 is 0 Å². The third kappa shape index (κ3) is 1.75. The third-order valence-electron chi connectivity index (χ3n) is 1.93. The van der Waals surface area contributed by atoms with Crippen molar-refractivity contribution >= 4 is 0 Å². The molecule has 12 heavy (non-hydrogen) atoms. The van der Waals surface area contributed by atoms with E-state index in [1.54, 1.807) is 0 Å². The summed E-state index contributed by atoms with van der Waals surface area (Å²) < 4.78 is 14.9. The summed E-state index contributed by atoms with van der Waals surface area (Å²) in [6.07, 6.45) is -3.08. The quantitative estimate of drug-likeness (QED) is 0.551. The summed E-state index contributed by atoms with van der Waals surface area (Å²) in [5.74, 6) is 0. The highest BCUT2D eigenvalue weighted by Crippen LogP contribution is 2.18. The summed E-state index contributed by atoms with van der Waals surface area (Å²) in [6, 6.07) is 0. The topological polar surface area (TPSA) is 68.2 Å². The standard InChI is InChI=1S/C7H14O5/c1-10-6-5(9)4(8)3-12-7(6)11-2/h4-9H,3H2,1-2H3/t4-,5-,6+,7+/m0/s1. The van der Waals surface area contributed by atoms with Crippen LogP contribution in [0.5, 0.6) is 0 Å². The van der Waals surface area contributed by atoms with Crippen LogP contribution in [0.15, 0.2) is 0 Å². The van der Waals surface area contributed by atoms with Gasteiger partial charge in [-0.25, -0.2) is 0 Å². The number of hydrogen-bond acceptors (Lipinski definition) is 5. The fourth-order valence-electron chi connectivity index (χ4n) is 1.22. The number of aliphatic hydroxyl groups excluding tert-OH is 2. The Balaban J connectivity index is 2.58. The Labute approximate surface area is 70.9 Å². The lowest BCUT2D eigenvalue weighted by Gasteiger charge is -2.36. The van der Waals surface area contributed by atoms with Crippen molar-refractivity contribution in [3.63, 3.8) is 0 Å². The molecule has 0 unspecified atom stereocenters. The Hall–Kier alpha value is -0.200. The summed E-state index contributed by atoms with van der Waals surface area (Å²) in [5, 5.41) is 18.6. The molecule has 0 spiro atoms. The summed E-state index contributed by atoms with van der Waals surface area (Å²) in [7, 11) is 2.89. The van der Waals surface area contributed by atoms with Gasteiger partial charge in [0.15, 0.2) is 6.29 Å². The number of aliphatic hydroxyl groups is 2. The van der Waals surface area contributed by atoms with Crippen LogP contribution < -0.4 is 0 Å². The van der Waals surface area contributed by atoms with Crippen molar-refractivity contribution in [1.82, 2.24) is 0 Å². The summed E-state index contributed by atoms with van der Waals surface area (Å²) in [4.78, 5) is 0. The van der Waals surface area contributed by atoms with Gasteiger partial charge in [0.2, 0.25) is 0 Å². The minimum atomic E-state index is -0.950. The van der Waals surface area contributed by atoms with E-state index in [0.29, 0.717) is 0 Å². The van der Waals surface area contributed by atoms with Crippen molar-refractivity contribution in [2.45, 2.75) is 24.6 Å². The molecule has 0 aromatic heterocycles. The Morgan fingerprint density at radius 1 is 1.25 bits per heavy atom. The first-order valence-electron chi connectivity index (χ1n) is 3.74. The SMILES string of the molecule is CO[C@@H]1OC[C@H](O)[C@H](O)[C@H]1OC. The summed E-state index contributed by atoms with van der Waals surface area (Å²) >= 11 is 0. The molecule has 5 nitrogen and oxygen atoms in total. The molecule has 1 aliphatic rings. The Morgan fingerprint density at radius 2 is 1.92 bits per heavy atom. The van der Waals surface area contributed by atoms with Crippen molar-refractivity contribution in [2.24, 2.45) is 0 Å². The van der Waals surface area contributed by atoms with E-state index in [1.807, 2.05) is 0 Å². The average molecular weight is 178 g/mol. The normalized spacial score (nSPS) is 43.0. The van der Waals surface area contributed by atoms with Gasteiger partial charge in [-0.05, 0) is 0 Å². The highest BCUT2D eigenvalue weighted by atomic mass is 16.7. The van der Waals surface area contributed by atoms with Crippen LogP contribution in [0.4, 0.5) is 0 Å². The van der Waals surface area contributed by atoms with Crippen LogP contribution in [0.1, 0.15) is 0 Å². The molecule has 5 heteroatoms. The maximum atomic E-state index is 9.40. The molecule has 0 aromatic carbocycles. The second-order valence-electron chi connectivity index (χ2n) is 2.70. The van der Waals surface area contributed by atoms with Crippen molar-refractivity contribution in [1.29, 1.82) is 0 Å². The molecule has 0 amide bonds. The molecule has 0 aliphatic carbocycles. The molecular weight excluding hydrogens is 164 g/mol. The van der Waals surface area contributed by atoms with Crippen molar-refractivity contribution in [3.8, 4) is 0 Å². The molecule has 2 N–H and O–H groups in total. The monoisotopic (exact) mass is 178 g/mol. The second kappa shape index (κ2) is 4.15. The molecule has 1 aliphatic heterocycles. The van der Waals surface area contributed by atoms with E-state index in [0.717, 1.165) is 0 Å². The van der Waals surface area contributed by atoms with Gasteiger partial charge >= 0.3 is 0 Å². The van der Waals surface area contributed by atoms with Crippen molar-refractivity contribution in [3.05, 3.63) is 0 Å². The lowest BCUT2D eigenvalue weighted by Crippen LogP contribution is -2.54. The maximum absolute atomic E-state index is 9.40. The van der Waals surface area contributed by atoms with E-state index in [-0.39, 0.29) is 6.61 Å². The van der Waals surface area contributed by atoms with Gasteiger partial charge in [-0.3, -0.25) is 0 Å². The minimum absolute atomic E-state index is 0.0690. The first-order chi connectivity index (χ1) is 5.70. The zero-order valence-corrected chi connectivity index (χ0v) is 7.14. The predicted octanol–water partition coefficient (Wildman–Crippen LogP) is -1.27. The molecule has 1 saturated heterocycles. The Morgan fingerprint density at radius 3 is 2.42 bits per heavy atom. The smallest absolute Gasteiger partial charge is 0.186 e. The van der Waals surface area contributed by atoms with Gasteiger partial charge < -0.3 is 24.4 Å². The Kier molecular flexibility index (Phi) is 3.42. The molecule has 0 bridgehead atoms. The first-order valence-corrected chi connectivity index (χ1v) is 3.74. The van der Waals surface area contributed by atoms with E-state index in [2.05, 4.69) is 0 Å². The van der Waals surface area contributed by atoms with Crippen LogP contribution in [0.3, 0.4) is 0 Å². The van der Waals surface area contributed by atoms with E-state index < -0.39 is 24.6 Å². The fourth-order valence-corrected chi connectivity index (χ4v) is 1.22. The molecule has 1 fully saturated rings. The summed E-state index contributed by atoms with van der Waals surface area (Å²) in [5.41, 5.74) is 0. The zero-order chi connectivity index (χ0) is 9.14. The third-order valence-corrected chi connectivity index (χ3v) is 1.93. The van der Waals surface area contributed by atoms with Gasteiger partial charge in [-0.1, -0.05) is 0 Å². The highest BCUT2D eigenvalue weighted by molar-refractivity contribution is 4.83. The maximum Gasteiger partial charge on any atom is 0.186 e. The van der Waals surface area contributed by atoms with Gasteiger partial charge in [0, 0.05) is 14.2 Å². The number of ether oxygens (including phenoxy) is 3. The van der Waals surface area contributed by atoms with Gasteiger partial charge in [-0.15, -0.1) is 0 Å². The predicted molar refractivity (Wildman–Crippen MR) is 39.6 cm³/mol. The second-order valence-corrected chi connectivity index (χ2v) is 2.70. The zero-order valence-electron chi connectivity index (χ0n) is 7.14. The van der Waals surface area contributed by atoms with E-state index in [4.69, 9.17) is 14.2 Å². The lowest BCUT2D eigenvalue weighted by molar-refractivity contribution is -0.268. The average Bonchev–Trinajstić information content (AvgIpc) is 2.09.